The Morgan fingerprint density at radius 2 is 2.00 bits per heavy atom. The van der Waals surface area contributed by atoms with E-state index >= 15 is 0 Å². The second-order valence-corrected chi connectivity index (χ2v) is 4.13. The molecule has 2 aliphatic rings. The molecule has 1 heterocycles. The molecule has 0 aromatic rings. The molecule has 0 bridgehead atoms. The Hall–Kier alpha value is -1.06. The van der Waals surface area contributed by atoms with Crippen molar-refractivity contribution >= 4 is 11.9 Å². The molecule has 1 saturated carbocycles. The van der Waals surface area contributed by atoms with Crippen LogP contribution in [0.3, 0.4) is 0 Å². The van der Waals surface area contributed by atoms with Gasteiger partial charge in [0, 0.05) is 12.6 Å². The standard InChI is InChI=1S/C9H14N2O2/c1-5-3-7(5)11-4-6(2)8(12)10-9(11)13/h5-7H,3-4H2,1-2H3,(H,10,12,13). The Labute approximate surface area is 77.3 Å². The van der Waals surface area contributed by atoms with Gasteiger partial charge in [-0.1, -0.05) is 13.8 Å². The van der Waals surface area contributed by atoms with Crippen molar-refractivity contribution in [3.63, 3.8) is 0 Å². The van der Waals surface area contributed by atoms with E-state index in [9.17, 15) is 9.59 Å². The van der Waals surface area contributed by atoms with E-state index in [1.165, 1.54) is 0 Å². The fourth-order valence-corrected chi connectivity index (χ4v) is 1.78. The van der Waals surface area contributed by atoms with Crippen molar-refractivity contribution in [2.24, 2.45) is 11.8 Å². The minimum absolute atomic E-state index is 0.0644. The highest BCUT2D eigenvalue weighted by Gasteiger charge is 2.43. The molecule has 0 aromatic carbocycles. The molecule has 1 saturated heterocycles. The lowest BCUT2D eigenvalue weighted by Gasteiger charge is -2.30. The highest BCUT2D eigenvalue weighted by atomic mass is 16.2. The number of rotatable bonds is 1. The number of hydrogen-bond donors (Lipinski definition) is 1. The maximum absolute atomic E-state index is 11.4. The molecule has 1 aliphatic heterocycles. The van der Waals surface area contributed by atoms with Crippen LogP contribution in [0.4, 0.5) is 4.79 Å². The summed E-state index contributed by atoms with van der Waals surface area (Å²) >= 11 is 0. The van der Waals surface area contributed by atoms with E-state index in [-0.39, 0.29) is 17.9 Å². The number of urea groups is 1. The summed E-state index contributed by atoms with van der Waals surface area (Å²) < 4.78 is 0. The largest absolute Gasteiger partial charge is 0.324 e. The molecule has 3 unspecified atom stereocenters. The van der Waals surface area contributed by atoms with Crippen molar-refractivity contribution in [2.75, 3.05) is 6.54 Å². The van der Waals surface area contributed by atoms with Crippen molar-refractivity contribution in [1.29, 1.82) is 0 Å². The van der Waals surface area contributed by atoms with Gasteiger partial charge in [0.05, 0.1) is 5.92 Å². The molecule has 1 aliphatic carbocycles. The predicted molar refractivity (Wildman–Crippen MR) is 47.0 cm³/mol. The van der Waals surface area contributed by atoms with E-state index in [1.54, 1.807) is 4.90 Å². The van der Waals surface area contributed by atoms with Gasteiger partial charge in [-0.2, -0.15) is 0 Å². The summed E-state index contributed by atoms with van der Waals surface area (Å²) in [7, 11) is 0. The van der Waals surface area contributed by atoms with Gasteiger partial charge in [-0.05, 0) is 12.3 Å². The van der Waals surface area contributed by atoms with Crippen molar-refractivity contribution in [3.8, 4) is 0 Å². The van der Waals surface area contributed by atoms with E-state index in [1.807, 2.05) is 6.92 Å². The summed E-state index contributed by atoms with van der Waals surface area (Å²) in [6, 6.07) is 0.160. The SMILES string of the molecule is CC1CN(C2CC2C)C(=O)NC1=O. The second kappa shape index (κ2) is 2.72. The first-order chi connectivity index (χ1) is 6.09. The fraction of sp³-hybridized carbons (Fsp3) is 0.778. The third-order valence-electron chi connectivity index (χ3n) is 2.88. The first-order valence-corrected chi connectivity index (χ1v) is 4.71. The van der Waals surface area contributed by atoms with Gasteiger partial charge >= 0.3 is 6.03 Å². The van der Waals surface area contributed by atoms with Crippen molar-refractivity contribution < 1.29 is 9.59 Å². The number of carbonyl (C=O) groups is 2. The van der Waals surface area contributed by atoms with E-state index in [4.69, 9.17) is 0 Å². The Morgan fingerprint density at radius 1 is 1.38 bits per heavy atom. The van der Waals surface area contributed by atoms with Crippen LogP contribution in [0.5, 0.6) is 0 Å². The summed E-state index contributed by atoms with van der Waals surface area (Å²) in [6.45, 7) is 4.56. The molecule has 2 fully saturated rings. The summed E-state index contributed by atoms with van der Waals surface area (Å²) in [6.07, 6.45) is 1.08. The minimum Gasteiger partial charge on any atom is -0.320 e. The summed E-state index contributed by atoms with van der Waals surface area (Å²) in [5, 5.41) is 2.37. The maximum Gasteiger partial charge on any atom is 0.324 e. The molecular weight excluding hydrogens is 168 g/mol. The predicted octanol–water partition coefficient (Wildman–Crippen LogP) is 0.583. The molecule has 4 nitrogen and oxygen atoms in total. The van der Waals surface area contributed by atoms with E-state index in [0.29, 0.717) is 18.5 Å². The van der Waals surface area contributed by atoms with Crippen LogP contribution in [-0.2, 0) is 4.79 Å². The number of carbonyl (C=O) groups excluding carboxylic acids is 2. The van der Waals surface area contributed by atoms with Crippen molar-refractivity contribution in [2.45, 2.75) is 26.3 Å². The third kappa shape index (κ3) is 1.41. The molecule has 4 heteroatoms. The molecule has 72 valence electrons. The Bertz CT molecular complexity index is 264. The van der Waals surface area contributed by atoms with Gasteiger partial charge in [-0.25, -0.2) is 4.79 Å². The van der Waals surface area contributed by atoms with Gasteiger partial charge < -0.3 is 4.90 Å². The number of nitrogens with one attached hydrogen (secondary N) is 1. The zero-order chi connectivity index (χ0) is 9.59. The second-order valence-electron chi connectivity index (χ2n) is 4.13. The number of hydrogen-bond acceptors (Lipinski definition) is 2. The van der Waals surface area contributed by atoms with Crippen LogP contribution in [0, 0.1) is 11.8 Å². The normalized spacial score (nSPS) is 38.9. The average molecular weight is 182 g/mol. The lowest BCUT2D eigenvalue weighted by atomic mass is 10.1. The molecule has 3 amide bonds. The molecule has 2 rings (SSSR count). The number of nitrogens with zero attached hydrogens (tertiary/aromatic N) is 1. The number of amides is 3. The van der Waals surface area contributed by atoms with Crippen LogP contribution in [-0.4, -0.2) is 29.4 Å². The van der Waals surface area contributed by atoms with Crippen molar-refractivity contribution in [1.82, 2.24) is 10.2 Å². The monoisotopic (exact) mass is 182 g/mol. The smallest absolute Gasteiger partial charge is 0.320 e. The molecule has 3 atom stereocenters. The van der Waals surface area contributed by atoms with E-state index in [0.717, 1.165) is 6.42 Å². The zero-order valence-electron chi connectivity index (χ0n) is 7.91. The molecule has 1 N–H and O–H groups in total. The third-order valence-corrected chi connectivity index (χ3v) is 2.88. The lowest BCUT2D eigenvalue weighted by Crippen LogP contribution is -2.54. The van der Waals surface area contributed by atoms with Gasteiger partial charge in [0.1, 0.15) is 0 Å². The highest BCUT2D eigenvalue weighted by molar-refractivity contribution is 5.98. The zero-order valence-corrected chi connectivity index (χ0v) is 7.91. The van der Waals surface area contributed by atoms with Crippen LogP contribution in [0.1, 0.15) is 20.3 Å². The van der Waals surface area contributed by atoms with Crippen LogP contribution < -0.4 is 5.32 Å². The molecule has 13 heavy (non-hydrogen) atoms. The molecule has 0 radical (unpaired) electrons. The summed E-state index contributed by atoms with van der Waals surface area (Å²) in [5.41, 5.74) is 0. The molecular formula is C9H14N2O2. The maximum atomic E-state index is 11.4. The van der Waals surface area contributed by atoms with E-state index < -0.39 is 0 Å². The van der Waals surface area contributed by atoms with Crippen LogP contribution in [0.25, 0.3) is 0 Å². The Kier molecular flexibility index (Phi) is 1.78. The quantitative estimate of drug-likeness (QED) is 0.645. The summed E-state index contributed by atoms with van der Waals surface area (Å²) in [4.78, 5) is 24.3. The fourth-order valence-electron chi connectivity index (χ4n) is 1.78. The first-order valence-electron chi connectivity index (χ1n) is 4.71. The van der Waals surface area contributed by atoms with Crippen LogP contribution in [0.15, 0.2) is 0 Å². The average Bonchev–Trinajstić information content (AvgIpc) is 2.75. The van der Waals surface area contributed by atoms with Crippen LogP contribution >= 0.6 is 0 Å². The Balaban J connectivity index is 2.04. The van der Waals surface area contributed by atoms with Gasteiger partial charge in [0.2, 0.25) is 5.91 Å². The first kappa shape index (κ1) is 8.53. The van der Waals surface area contributed by atoms with Gasteiger partial charge in [0.15, 0.2) is 0 Å². The Morgan fingerprint density at radius 3 is 2.54 bits per heavy atom. The lowest BCUT2D eigenvalue weighted by molar-refractivity contribution is -0.125. The summed E-state index contributed by atoms with van der Waals surface area (Å²) in [5.74, 6) is 0.395. The van der Waals surface area contributed by atoms with Gasteiger partial charge in [-0.15, -0.1) is 0 Å². The van der Waals surface area contributed by atoms with Gasteiger partial charge in [0.25, 0.3) is 0 Å². The topological polar surface area (TPSA) is 49.4 Å². The van der Waals surface area contributed by atoms with E-state index in [2.05, 4.69) is 12.2 Å². The molecule has 0 aromatic heterocycles. The highest BCUT2D eigenvalue weighted by Crippen LogP contribution is 2.36. The van der Waals surface area contributed by atoms with Crippen LogP contribution in [0.2, 0.25) is 0 Å². The van der Waals surface area contributed by atoms with Crippen molar-refractivity contribution in [3.05, 3.63) is 0 Å². The number of imide groups is 1. The minimum atomic E-state index is -0.211. The van der Waals surface area contributed by atoms with Gasteiger partial charge in [-0.3, -0.25) is 10.1 Å². The molecule has 0 spiro atoms.